The lowest BCUT2D eigenvalue weighted by atomic mass is 10.2. The largest absolute Gasteiger partial charge is 0.335 e. The zero-order valence-corrected chi connectivity index (χ0v) is 19.4. The van der Waals surface area contributed by atoms with Gasteiger partial charge in [-0.1, -0.05) is 30.0 Å². The van der Waals surface area contributed by atoms with Crippen LogP contribution in [0.2, 0.25) is 0 Å². The van der Waals surface area contributed by atoms with Crippen LogP contribution >= 0.6 is 11.8 Å². The fourth-order valence-electron chi connectivity index (χ4n) is 4.09. The summed E-state index contributed by atoms with van der Waals surface area (Å²) >= 11 is 1.25. The Kier molecular flexibility index (Phi) is 6.01. The minimum atomic E-state index is -0.549. The second-order valence-corrected chi connectivity index (χ2v) is 9.40. The number of benzene rings is 1. The van der Waals surface area contributed by atoms with Crippen molar-refractivity contribution >= 4 is 40.9 Å². The smallest absolute Gasteiger partial charge is 0.244 e. The van der Waals surface area contributed by atoms with Crippen LogP contribution in [0.5, 0.6) is 0 Å². The number of rotatable bonds is 6. The van der Waals surface area contributed by atoms with Gasteiger partial charge in [-0.05, 0) is 37.6 Å². The molecule has 0 saturated carbocycles. The van der Waals surface area contributed by atoms with Crippen LogP contribution in [-0.2, 0) is 20.9 Å². The number of carbonyl (C=O) groups is 3. The van der Waals surface area contributed by atoms with E-state index in [4.69, 9.17) is 0 Å². The third-order valence-electron chi connectivity index (χ3n) is 5.75. The van der Waals surface area contributed by atoms with Gasteiger partial charge in [0.2, 0.25) is 17.7 Å². The highest BCUT2D eigenvalue weighted by Gasteiger charge is 2.32. The van der Waals surface area contributed by atoms with Gasteiger partial charge in [-0.3, -0.25) is 23.9 Å². The number of aromatic nitrogens is 4. The fourth-order valence-corrected chi connectivity index (χ4v) is 5.03. The molecule has 2 aromatic heterocycles. The maximum Gasteiger partial charge on any atom is 0.244 e. The van der Waals surface area contributed by atoms with E-state index in [9.17, 15) is 14.4 Å². The summed E-state index contributed by atoms with van der Waals surface area (Å²) in [4.78, 5) is 45.4. The lowest BCUT2D eigenvalue weighted by Crippen LogP contribution is -2.45. The molecule has 2 aliphatic heterocycles. The summed E-state index contributed by atoms with van der Waals surface area (Å²) in [5.41, 5.74) is 1.28. The van der Waals surface area contributed by atoms with Crippen LogP contribution in [0.3, 0.4) is 0 Å². The quantitative estimate of drug-likeness (QED) is 0.542. The van der Waals surface area contributed by atoms with Crippen molar-refractivity contribution in [3.05, 3.63) is 54.5 Å². The van der Waals surface area contributed by atoms with Crippen molar-refractivity contribution in [2.75, 3.05) is 23.3 Å². The number of anilines is 2. The summed E-state index contributed by atoms with van der Waals surface area (Å²) < 4.78 is 1.79. The molecular formula is C23H23N7O3S. The molecule has 1 fully saturated rings. The number of carbonyl (C=O) groups excluding carboxylic acids is 3. The van der Waals surface area contributed by atoms with Gasteiger partial charge >= 0.3 is 0 Å². The molecular weight excluding hydrogens is 454 g/mol. The van der Waals surface area contributed by atoms with E-state index in [2.05, 4.69) is 20.5 Å². The third-order valence-corrected chi connectivity index (χ3v) is 6.78. The number of fused-ring (bicyclic) bond motifs is 1. The van der Waals surface area contributed by atoms with Gasteiger partial charge < -0.3 is 10.2 Å². The first kappa shape index (κ1) is 22.1. The van der Waals surface area contributed by atoms with Crippen molar-refractivity contribution in [3.8, 4) is 5.82 Å². The number of hydrogen-bond donors (Lipinski definition) is 1. The molecule has 2 aliphatic rings. The van der Waals surface area contributed by atoms with Crippen molar-refractivity contribution in [2.24, 2.45) is 0 Å². The van der Waals surface area contributed by atoms with E-state index in [-0.39, 0.29) is 24.3 Å². The van der Waals surface area contributed by atoms with Gasteiger partial charge in [0.25, 0.3) is 0 Å². The molecule has 1 atom stereocenters. The number of para-hydroxylation sites is 2. The summed E-state index contributed by atoms with van der Waals surface area (Å²) in [5.74, 6) is 0.839. The van der Waals surface area contributed by atoms with Crippen LogP contribution in [0.1, 0.15) is 25.6 Å². The van der Waals surface area contributed by atoms with Gasteiger partial charge in [0, 0.05) is 19.2 Å². The minimum absolute atomic E-state index is 0.0456. The Bertz CT molecular complexity index is 1250. The van der Waals surface area contributed by atoms with Gasteiger partial charge in [0.15, 0.2) is 11.0 Å². The predicted octanol–water partition coefficient (Wildman–Crippen LogP) is 2.25. The molecule has 11 heteroatoms. The average molecular weight is 478 g/mol. The number of thioether (sulfide) groups is 1. The van der Waals surface area contributed by atoms with Crippen LogP contribution in [0, 0.1) is 0 Å². The Morgan fingerprint density at radius 2 is 1.97 bits per heavy atom. The molecule has 1 saturated heterocycles. The van der Waals surface area contributed by atoms with Gasteiger partial charge in [0.1, 0.15) is 12.4 Å². The first-order chi connectivity index (χ1) is 16.5. The first-order valence-corrected chi connectivity index (χ1v) is 11.9. The van der Waals surface area contributed by atoms with Crippen LogP contribution in [-0.4, -0.2) is 60.7 Å². The van der Waals surface area contributed by atoms with Crippen molar-refractivity contribution in [2.45, 2.75) is 36.7 Å². The molecule has 10 nitrogen and oxygen atoms in total. The van der Waals surface area contributed by atoms with Gasteiger partial charge in [0.05, 0.1) is 23.2 Å². The molecule has 1 aromatic carbocycles. The number of amides is 3. The number of nitrogens with zero attached hydrogens (tertiary/aromatic N) is 6. The second-order valence-electron chi connectivity index (χ2n) is 8.09. The molecule has 0 radical (unpaired) electrons. The molecule has 3 amide bonds. The highest BCUT2D eigenvalue weighted by Crippen LogP contribution is 2.33. The van der Waals surface area contributed by atoms with Crippen LogP contribution in [0.15, 0.2) is 53.8 Å². The monoisotopic (exact) mass is 477 g/mol. The van der Waals surface area contributed by atoms with Crippen molar-refractivity contribution in [1.29, 1.82) is 0 Å². The molecule has 1 N–H and O–H groups in total. The van der Waals surface area contributed by atoms with Crippen molar-refractivity contribution < 1.29 is 14.4 Å². The fraction of sp³-hybridized carbons (Fsp3) is 0.304. The van der Waals surface area contributed by atoms with Gasteiger partial charge in [-0.15, -0.1) is 10.2 Å². The van der Waals surface area contributed by atoms with Gasteiger partial charge in [-0.2, -0.15) is 0 Å². The Labute approximate surface area is 200 Å². The Balaban J connectivity index is 1.42. The molecule has 3 aromatic rings. The zero-order chi connectivity index (χ0) is 23.7. The maximum absolute atomic E-state index is 13.4. The minimum Gasteiger partial charge on any atom is -0.335 e. The van der Waals surface area contributed by atoms with Crippen LogP contribution in [0.4, 0.5) is 11.4 Å². The predicted molar refractivity (Wildman–Crippen MR) is 127 cm³/mol. The number of nitrogens with one attached hydrogen (secondary N) is 1. The number of likely N-dealkylation sites (tertiary alicyclic amines) is 1. The summed E-state index contributed by atoms with van der Waals surface area (Å²) in [6, 6.07) is 12.7. The van der Waals surface area contributed by atoms with Crippen molar-refractivity contribution in [1.82, 2.24) is 24.6 Å². The molecule has 0 bridgehead atoms. The number of pyridine rings is 1. The molecule has 5 rings (SSSR count). The normalized spacial score (nSPS) is 16.4. The Morgan fingerprint density at radius 3 is 2.74 bits per heavy atom. The standard InChI is InChI=1S/C23H23N7O3S/c1-15(22(33)29-14-20(31)25-16-7-2-3-8-17(16)29)34-23-27-26-19(13-28-12-6-10-21(28)32)30(23)18-9-4-5-11-24-18/h2-5,7-9,11,15H,6,10,12-14H2,1H3,(H,25,31). The molecule has 174 valence electrons. The lowest BCUT2D eigenvalue weighted by Gasteiger charge is -2.30. The van der Waals surface area contributed by atoms with E-state index in [1.807, 2.05) is 36.4 Å². The SMILES string of the molecule is CC(Sc1nnc(CN2CCCC2=O)n1-c1ccccn1)C(=O)N1CC(=O)Nc2ccccc21. The zero-order valence-electron chi connectivity index (χ0n) is 18.5. The summed E-state index contributed by atoms with van der Waals surface area (Å²) in [6.45, 7) is 2.74. The highest BCUT2D eigenvalue weighted by molar-refractivity contribution is 8.00. The molecule has 34 heavy (non-hydrogen) atoms. The average Bonchev–Trinajstić information content (AvgIpc) is 3.44. The van der Waals surface area contributed by atoms with E-state index in [1.165, 1.54) is 16.7 Å². The van der Waals surface area contributed by atoms with E-state index in [0.717, 1.165) is 6.42 Å². The summed E-state index contributed by atoms with van der Waals surface area (Å²) in [7, 11) is 0. The Morgan fingerprint density at radius 1 is 1.15 bits per heavy atom. The topological polar surface area (TPSA) is 113 Å². The van der Waals surface area contributed by atoms with Crippen LogP contribution in [0.25, 0.3) is 5.82 Å². The second kappa shape index (κ2) is 9.26. The van der Waals surface area contributed by atoms with E-state index < -0.39 is 5.25 Å². The first-order valence-electron chi connectivity index (χ1n) is 11.0. The van der Waals surface area contributed by atoms with E-state index >= 15 is 0 Å². The molecule has 1 unspecified atom stereocenters. The molecule has 0 spiro atoms. The molecule has 4 heterocycles. The highest BCUT2D eigenvalue weighted by atomic mass is 32.2. The summed E-state index contributed by atoms with van der Waals surface area (Å²) in [6.07, 6.45) is 3.04. The summed E-state index contributed by atoms with van der Waals surface area (Å²) in [5, 5.41) is 11.4. The van der Waals surface area contributed by atoms with E-state index in [0.29, 0.717) is 47.7 Å². The molecule has 0 aliphatic carbocycles. The lowest BCUT2D eigenvalue weighted by molar-refractivity contribution is -0.128. The number of hydrogen-bond acceptors (Lipinski definition) is 7. The maximum atomic E-state index is 13.4. The van der Waals surface area contributed by atoms with Crippen molar-refractivity contribution in [3.63, 3.8) is 0 Å². The van der Waals surface area contributed by atoms with Gasteiger partial charge in [-0.25, -0.2) is 4.98 Å². The Hall–Kier alpha value is -3.73. The van der Waals surface area contributed by atoms with E-state index in [1.54, 1.807) is 28.7 Å². The van der Waals surface area contributed by atoms with Crippen LogP contribution < -0.4 is 10.2 Å². The third kappa shape index (κ3) is 4.26.